The second kappa shape index (κ2) is 6.41. The summed E-state index contributed by atoms with van der Waals surface area (Å²) in [6.45, 7) is 5.80. The van der Waals surface area contributed by atoms with Crippen LogP contribution in [0.25, 0.3) is 0 Å². The normalized spacial score (nSPS) is 12.6. The van der Waals surface area contributed by atoms with E-state index in [1.165, 1.54) is 4.88 Å². The van der Waals surface area contributed by atoms with E-state index in [0.29, 0.717) is 5.02 Å². The van der Waals surface area contributed by atoms with Crippen molar-refractivity contribution in [1.82, 2.24) is 15.1 Å². The van der Waals surface area contributed by atoms with E-state index in [0.717, 1.165) is 24.5 Å². The van der Waals surface area contributed by atoms with E-state index in [-0.39, 0.29) is 6.04 Å². The van der Waals surface area contributed by atoms with Crippen LogP contribution in [0.15, 0.2) is 17.6 Å². The van der Waals surface area contributed by atoms with Gasteiger partial charge in [0.25, 0.3) is 0 Å². The van der Waals surface area contributed by atoms with Crippen LogP contribution in [0.2, 0.25) is 5.02 Å². The van der Waals surface area contributed by atoms with Crippen LogP contribution in [0.5, 0.6) is 5.75 Å². The van der Waals surface area contributed by atoms with E-state index >= 15 is 0 Å². The summed E-state index contributed by atoms with van der Waals surface area (Å²) in [6, 6.07) is 2.09. The molecule has 4 nitrogen and oxygen atoms in total. The molecule has 0 aliphatic heterocycles. The van der Waals surface area contributed by atoms with Crippen molar-refractivity contribution < 1.29 is 4.74 Å². The number of thiophene rings is 1. The molecule has 2 heterocycles. The molecule has 1 unspecified atom stereocenters. The lowest BCUT2D eigenvalue weighted by Gasteiger charge is -2.18. The van der Waals surface area contributed by atoms with Gasteiger partial charge in [0.05, 0.1) is 30.1 Å². The third-order valence-corrected chi connectivity index (χ3v) is 4.20. The van der Waals surface area contributed by atoms with Gasteiger partial charge >= 0.3 is 0 Å². The van der Waals surface area contributed by atoms with Crippen LogP contribution < -0.4 is 10.1 Å². The Bertz CT molecular complexity index is 538. The van der Waals surface area contributed by atoms with E-state index in [1.807, 2.05) is 16.1 Å². The van der Waals surface area contributed by atoms with Crippen molar-refractivity contribution in [3.05, 3.63) is 33.2 Å². The monoisotopic (exact) mass is 299 g/mol. The first kappa shape index (κ1) is 14.4. The number of aryl methyl sites for hydroxylation is 1. The molecule has 0 aromatic carbocycles. The standard InChI is InChI=1S/C13H18ClN3OS/c1-4-15-12(11-6-9(18-3)8-19-11)13-10(14)7-16-17(13)5-2/h6-8,12,15H,4-5H2,1-3H3. The number of nitrogens with one attached hydrogen (secondary N) is 1. The Morgan fingerprint density at radius 1 is 1.53 bits per heavy atom. The van der Waals surface area contributed by atoms with E-state index in [4.69, 9.17) is 16.3 Å². The molecule has 0 bridgehead atoms. The fraction of sp³-hybridized carbons (Fsp3) is 0.462. The van der Waals surface area contributed by atoms with Crippen molar-refractivity contribution >= 4 is 22.9 Å². The largest absolute Gasteiger partial charge is 0.496 e. The molecule has 0 saturated heterocycles. The summed E-state index contributed by atoms with van der Waals surface area (Å²) in [5, 5.41) is 10.5. The molecule has 0 fully saturated rings. The Morgan fingerprint density at radius 2 is 2.32 bits per heavy atom. The van der Waals surface area contributed by atoms with Gasteiger partial charge in [0.1, 0.15) is 5.75 Å². The van der Waals surface area contributed by atoms with Gasteiger partial charge in [-0.2, -0.15) is 5.10 Å². The zero-order chi connectivity index (χ0) is 13.8. The molecule has 19 heavy (non-hydrogen) atoms. The van der Waals surface area contributed by atoms with E-state index in [2.05, 4.69) is 24.3 Å². The maximum absolute atomic E-state index is 6.29. The SMILES string of the molecule is CCNC(c1cc(OC)cs1)c1c(Cl)cnn1CC. The molecule has 104 valence electrons. The molecule has 1 atom stereocenters. The highest BCUT2D eigenvalue weighted by Crippen LogP contribution is 2.34. The maximum Gasteiger partial charge on any atom is 0.129 e. The van der Waals surface area contributed by atoms with Crippen LogP contribution in [0.3, 0.4) is 0 Å². The minimum absolute atomic E-state index is 0.0499. The minimum atomic E-state index is 0.0499. The number of rotatable bonds is 6. The second-order valence-electron chi connectivity index (χ2n) is 4.07. The quantitative estimate of drug-likeness (QED) is 0.889. The van der Waals surface area contributed by atoms with E-state index in [1.54, 1.807) is 24.6 Å². The first-order chi connectivity index (χ1) is 9.21. The average Bonchev–Trinajstić information content (AvgIpc) is 3.02. The Hall–Kier alpha value is -1.04. The van der Waals surface area contributed by atoms with Gasteiger partial charge in [-0.25, -0.2) is 0 Å². The van der Waals surface area contributed by atoms with Crippen molar-refractivity contribution in [3.8, 4) is 5.75 Å². The van der Waals surface area contributed by atoms with Crippen LogP contribution in [0.1, 0.15) is 30.5 Å². The van der Waals surface area contributed by atoms with Crippen LogP contribution >= 0.6 is 22.9 Å². The van der Waals surface area contributed by atoms with Crippen molar-refractivity contribution in [1.29, 1.82) is 0 Å². The summed E-state index contributed by atoms with van der Waals surface area (Å²) in [4.78, 5) is 1.18. The number of nitrogens with zero attached hydrogens (tertiary/aromatic N) is 2. The van der Waals surface area contributed by atoms with Gasteiger partial charge < -0.3 is 10.1 Å². The van der Waals surface area contributed by atoms with E-state index in [9.17, 15) is 0 Å². The Labute approximate surface area is 122 Å². The highest BCUT2D eigenvalue weighted by Gasteiger charge is 2.22. The molecule has 6 heteroatoms. The highest BCUT2D eigenvalue weighted by atomic mass is 35.5. The lowest BCUT2D eigenvalue weighted by molar-refractivity contribution is 0.416. The van der Waals surface area contributed by atoms with Gasteiger partial charge in [0, 0.05) is 16.8 Å². The van der Waals surface area contributed by atoms with E-state index < -0.39 is 0 Å². The number of methoxy groups -OCH3 is 1. The molecular formula is C13H18ClN3OS. The van der Waals surface area contributed by atoms with Crippen molar-refractivity contribution in [2.24, 2.45) is 0 Å². The van der Waals surface area contributed by atoms with Gasteiger partial charge in [-0.15, -0.1) is 11.3 Å². The number of hydrogen-bond donors (Lipinski definition) is 1. The molecule has 1 N–H and O–H groups in total. The topological polar surface area (TPSA) is 39.1 Å². The van der Waals surface area contributed by atoms with Crippen molar-refractivity contribution in [2.45, 2.75) is 26.4 Å². The molecule has 0 aliphatic rings. The van der Waals surface area contributed by atoms with Crippen LogP contribution in [-0.4, -0.2) is 23.4 Å². The molecule has 2 rings (SSSR count). The Kier molecular flexibility index (Phi) is 4.85. The van der Waals surface area contributed by atoms with Gasteiger partial charge in [0.15, 0.2) is 0 Å². The molecule has 2 aromatic heterocycles. The third kappa shape index (κ3) is 2.94. The molecule has 0 saturated carbocycles. The first-order valence-corrected chi connectivity index (χ1v) is 7.54. The van der Waals surface area contributed by atoms with Crippen LogP contribution in [0, 0.1) is 0 Å². The predicted octanol–water partition coefficient (Wildman–Crippen LogP) is 3.33. The number of hydrogen-bond acceptors (Lipinski definition) is 4. The molecular weight excluding hydrogens is 282 g/mol. The zero-order valence-electron chi connectivity index (χ0n) is 11.3. The summed E-state index contributed by atoms with van der Waals surface area (Å²) < 4.78 is 7.19. The number of halogens is 1. The Morgan fingerprint density at radius 3 is 2.89 bits per heavy atom. The molecule has 0 spiro atoms. The Balaban J connectivity index is 2.41. The fourth-order valence-corrected chi connectivity index (χ4v) is 3.22. The summed E-state index contributed by atoms with van der Waals surface area (Å²) >= 11 is 7.96. The van der Waals surface area contributed by atoms with Crippen LogP contribution in [0.4, 0.5) is 0 Å². The smallest absolute Gasteiger partial charge is 0.129 e. The van der Waals surface area contributed by atoms with Gasteiger partial charge in [-0.05, 0) is 19.5 Å². The predicted molar refractivity (Wildman–Crippen MR) is 79.3 cm³/mol. The molecule has 0 radical (unpaired) electrons. The van der Waals surface area contributed by atoms with Gasteiger partial charge in [-0.3, -0.25) is 4.68 Å². The lowest BCUT2D eigenvalue weighted by Crippen LogP contribution is -2.24. The first-order valence-electron chi connectivity index (χ1n) is 6.28. The number of aromatic nitrogens is 2. The minimum Gasteiger partial charge on any atom is -0.496 e. The van der Waals surface area contributed by atoms with Gasteiger partial charge in [-0.1, -0.05) is 18.5 Å². The number of ether oxygens (including phenoxy) is 1. The summed E-state index contributed by atoms with van der Waals surface area (Å²) in [5.74, 6) is 0.876. The highest BCUT2D eigenvalue weighted by molar-refractivity contribution is 7.10. The van der Waals surface area contributed by atoms with Crippen molar-refractivity contribution in [3.63, 3.8) is 0 Å². The third-order valence-electron chi connectivity index (χ3n) is 2.93. The lowest BCUT2D eigenvalue weighted by atomic mass is 10.1. The fourth-order valence-electron chi connectivity index (χ4n) is 2.04. The van der Waals surface area contributed by atoms with Gasteiger partial charge in [0.2, 0.25) is 0 Å². The molecule has 0 aliphatic carbocycles. The summed E-state index contributed by atoms with van der Waals surface area (Å²) in [5.41, 5.74) is 1.01. The summed E-state index contributed by atoms with van der Waals surface area (Å²) in [7, 11) is 1.68. The summed E-state index contributed by atoms with van der Waals surface area (Å²) in [6.07, 6.45) is 1.70. The maximum atomic E-state index is 6.29. The molecule has 0 amide bonds. The van der Waals surface area contributed by atoms with Crippen molar-refractivity contribution in [2.75, 3.05) is 13.7 Å². The van der Waals surface area contributed by atoms with Crippen LogP contribution in [-0.2, 0) is 6.54 Å². The average molecular weight is 300 g/mol. The zero-order valence-corrected chi connectivity index (χ0v) is 12.9. The molecule has 2 aromatic rings. The second-order valence-corrected chi connectivity index (χ2v) is 5.42.